The molecule has 2 aromatic carbocycles. The van der Waals surface area contributed by atoms with Crippen LogP contribution in [0.4, 0.5) is 0 Å². The summed E-state index contributed by atoms with van der Waals surface area (Å²) >= 11 is 0. The maximum Gasteiger partial charge on any atom is 0.251 e. The first kappa shape index (κ1) is 28.3. The third-order valence-electron chi connectivity index (χ3n) is 5.96. The summed E-state index contributed by atoms with van der Waals surface area (Å²) in [6, 6.07) is 15.9. The molecule has 0 aliphatic heterocycles. The van der Waals surface area contributed by atoms with Crippen LogP contribution >= 0.6 is 0 Å². The minimum Gasteiger partial charge on any atom is -0.492 e. The van der Waals surface area contributed by atoms with Crippen molar-refractivity contribution in [3.8, 4) is 5.75 Å². The van der Waals surface area contributed by atoms with E-state index in [0.29, 0.717) is 38.1 Å². The SMILES string of the molecule is CCCN(CCCO)C(=O)[C@H](Cc1ccc(OCCN(CC)CC)cc1)NC(=O)c1ccccc1. The number of carbonyl (C=O) groups is 2. The van der Waals surface area contributed by atoms with Gasteiger partial charge in [0.15, 0.2) is 0 Å². The Balaban J connectivity index is 2.11. The monoisotopic (exact) mass is 483 g/mol. The number of amides is 2. The van der Waals surface area contributed by atoms with Crippen LogP contribution in [-0.4, -0.2) is 78.7 Å². The van der Waals surface area contributed by atoms with Crippen molar-refractivity contribution >= 4 is 11.8 Å². The number of hydrogen-bond acceptors (Lipinski definition) is 5. The Morgan fingerprint density at radius 2 is 1.63 bits per heavy atom. The number of ether oxygens (including phenoxy) is 1. The van der Waals surface area contributed by atoms with Crippen LogP contribution in [0.3, 0.4) is 0 Å². The molecule has 7 nitrogen and oxygen atoms in total. The summed E-state index contributed by atoms with van der Waals surface area (Å²) in [6.45, 7) is 10.8. The van der Waals surface area contributed by atoms with Crippen molar-refractivity contribution < 1.29 is 19.4 Å². The van der Waals surface area contributed by atoms with Gasteiger partial charge in [-0.05, 0) is 55.8 Å². The highest BCUT2D eigenvalue weighted by Crippen LogP contribution is 2.15. The van der Waals surface area contributed by atoms with E-state index in [2.05, 4.69) is 24.1 Å². The molecule has 35 heavy (non-hydrogen) atoms. The normalized spacial score (nSPS) is 11.8. The van der Waals surface area contributed by atoms with Crippen molar-refractivity contribution in [1.29, 1.82) is 0 Å². The van der Waals surface area contributed by atoms with Gasteiger partial charge in [-0.25, -0.2) is 0 Å². The minimum absolute atomic E-state index is 0.0181. The molecule has 0 spiro atoms. The van der Waals surface area contributed by atoms with E-state index in [9.17, 15) is 14.7 Å². The smallest absolute Gasteiger partial charge is 0.251 e. The molecule has 2 N–H and O–H groups in total. The van der Waals surface area contributed by atoms with Crippen molar-refractivity contribution in [1.82, 2.24) is 15.1 Å². The van der Waals surface area contributed by atoms with Crippen LogP contribution in [0.25, 0.3) is 0 Å². The lowest BCUT2D eigenvalue weighted by Crippen LogP contribution is -2.50. The number of aliphatic hydroxyl groups excluding tert-OH is 1. The number of carbonyl (C=O) groups excluding carboxylic acids is 2. The summed E-state index contributed by atoms with van der Waals surface area (Å²) in [6.07, 6.45) is 1.68. The average molecular weight is 484 g/mol. The van der Waals surface area contributed by atoms with Gasteiger partial charge in [-0.2, -0.15) is 0 Å². The van der Waals surface area contributed by atoms with E-state index < -0.39 is 6.04 Å². The first-order valence-electron chi connectivity index (χ1n) is 12.7. The standard InChI is InChI=1S/C28H41N3O4/c1-4-17-31(18-10-20-32)28(34)26(29-27(33)24-11-8-7-9-12-24)22-23-13-15-25(16-14-23)35-21-19-30(5-2)6-3/h7-9,11-16,26,32H,4-6,10,17-22H2,1-3H3,(H,29,33)/t26-/m0/s1. The number of aliphatic hydroxyl groups is 1. The molecule has 2 amide bonds. The van der Waals surface area contributed by atoms with Crippen molar-refractivity contribution in [2.45, 2.75) is 46.1 Å². The molecule has 0 saturated heterocycles. The molecular weight excluding hydrogens is 442 g/mol. The van der Waals surface area contributed by atoms with Crippen LogP contribution in [-0.2, 0) is 11.2 Å². The van der Waals surface area contributed by atoms with Crippen molar-refractivity contribution in [2.75, 3.05) is 45.9 Å². The summed E-state index contributed by atoms with van der Waals surface area (Å²) in [4.78, 5) is 30.4. The van der Waals surface area contributed by atoms with Gasteiger partial charge in [0.25, 0.3) is 5.91 Å². The second kappa shape index (κ2) is 15.9. The molecule has 7 heteroatoms. The van der Waals surface area contributed by atoms with Gasteiger partial charge in [0.05, 0.1) is 0 Å². The van der Waals surface area contributed by atoms with Gasteiger partial charge in [-0.15, -0.1) is 0 Å². The lowest BCUT2D eigenvalue weighted by Gasteiger charge is -2.28. The second-order valence-electron chi connectivity index (χ2n) is 8.52. The maximum absolute atomic E-state index is 13.4. The third-order valence-corrected chi connectivity index (χ3v) is 5.96. The van der Waals surface area contributed by atoms with Gasteiger partial charge < -0.3 is 25.0 Å². The number of nitrogens with one attached hydrogen (secondary N) is 1. The van der Waals surface area contributed by atoms with Gasteiger partial charge in [0, 0.05) is 38.2 Å². The molecule has 1 atom stereocenters. The Morgan fingerprint density at radius 3 is 2.23 bits per heavy atom. The van der Waals surface area contributed by atoms with Gasteiger partial charge >= 0.3 is 0 Å². The predicted octanol–water partition coefficient (Wildman–Crippen LogP) is 3.37. The average Bonchev–Trinajstić information content (AvgIpc) is 2.89. The van der Waals surface area contributed by atoms with Crippen molar-refractivity contribution in [3.05, 3.63) is 65.7 Å². The number of benzene rings is 2. The zero-order valence-electron chi connectivity index (χ0n) is 21.4. The molecule has 0 unspecified atom stereocenters. The summed E-state index contributed by atoms with van der Waals surface area (Å²) < 4.78 is 5.87. The first-order valence-corrected chi connectivity index (χ1v) is 12.7. The minimum atomic E-state index is -0.706. The first-order chi connectivity index (χ1) is 17.0. The number of nitrogens with zero attached hydrogens (tertiary/aromatic N) is 2. The molecule has 0 radical (unpaired) electrons. The molecule has 0 saturated carbocycles. The molecule has 0 heterocycles. The number of hydrogen-bond donors (Lipinski definition) is 2. The van der Waals surface area contributed by atoms with Crippen LogP contribution in [0, 0.1) is 0 Å². The van der Waals surface area contributed by atoms with Crippen LogP contribution in [0.2, 0.25) is 0 Å². The number of likely N-dealkylation sites (N-methyl/N-ethyl adjacent to an activating group) is 1. The Kier molecular flexibility index (Phi) is 12.9. The van der Waals surface area contributed by atoms with Gasteiger partial charge in [0.2, 0.25) is 5.91 Å². The number of rotatable bonds is 16. The fourth-order valence-electron chi connectivity index (χ4n) is 3.91. The van der Waals surface area contributed by atoms with Gasteiger partial charge in [-0.3, -0.25) is 9.59 Å². The van der Waals surface area contributed by atoms with E-state index in [-0.39, 0.29) is 18.4 Å². The van der Waals surface area contributed by atoms with Crippen LogP contribution < -0.4 is 10.1 Å². The molecule has 0 fully saturated rings. The van der Waals surface area contributed by atoms with E-state index in [4.69, 9.17) is 4.74 Å². The van der Waals surface area contributed by atoms with E-state index in [1.54, 1.807) is 29.2 Å². The molecule has 192 valence electrons. The van der Waals surface area contributed by atoms with Gasteiger partial charge in [-0.1, -0.05) is 51.1 Å². The Bertz CT molecular complexity index is 870. The fraction of sp³-hybridized carbons (Fsp3) is 0.500. The van der Waals surface area contributed by atoms with E-state index in [0.717, 1.165) is 37.4 Å². The second-order valence-corrected chi connectivity index (χ2v) is 8.52. The van der Waals surface area contributed by atoms with Crippen LogP contribution in [0.15, 0.2) is 54.6 Å². The summed E-state index contributed by atoms with van der Waals surface area (Å²) in [5.41, 5.74) is 1.45. The largest absolute Gasteiger partial charge is 0.492 e. The third kappa shape index (κ3) is 9.70. The Labute approximate surface area is 210 Å². The molecule has 0 aliphatic rings. The van der Waals surface area contributed by atoms with Crippen molar-refractivity contribution in [3.63, 3.8) is 0 Å². The zero-order chi connectivity index (χ0) is 25.5. The van der Waals surface area contributed by atoms with E-state index in [1.165, 1.54) is 0 Å². The highest BCUT2D eigenvalue weighted by Gasteiger charge is 2.26. The Morgan fingerprint density at radius 1 is 0.943 bits per heavy atom. The highest BCUT2D eigenvalue weighted by atomic mass is 16.5. The fourth-order valence-corrected chi connectivity index (χ4v) is 3.91. The zero-order valence-corrected chi connectivity index (χ0v) is 21.4. The predicted molar refractivity (Wildman–Crippen MR) is 140 cm³/mol. The lowest BCUT2D eigenvalue weighted by molar-refractivity contribution is -0.133. The highest BCUT2D eigenvalue weighted by molar-refractivity contribution is 5.97. The van der Waals surface area contributed by atoms with E-state index >= 15 is 0 Å². The summed E-state index contributed by atoms with van der Waals surface area (Å²) in [5.74, 6) is 0.371. The molecule has 0 aliphatic carbocycles. The summed E-state index contributed by atoms with van der Waals surface area (Å²) in [5, 5.41) is 12.2. The molecule has 2 aromatic rings. The van der Waals surface area contributed by atoms with Crippen molar-refractivity contribution in [2.24, 2.45) is 0 Å². The molecule has 0 bridgehead atoms. The topological polar surface area (TPSA) is 82.1 Å². The Hall–Kier alpha value is -2.90. The van der Waals surface area contributed by atoms with Crippen LogP contribution in [0.1, 0.15) is 49.5 Å². The lowest BCUT2D eigenvalue weighted by atomic mass is 10.0. The molecule has 2 rings (SSSR count). The quantitative estimate of drug-likeness (QED) is 0.383. The van der Waals surface area contributed by atoms with E-state index in [1.807, 2.05) is 37.3 Å². The van der Waals surface area contributed by atoms with Gasteiger partial charge in [0.1, 0.15) is 18.4 Å². The van der Waals surface area contributed by atoms with Crippen LogP contribution in [0.5, 0.6) is 5.75 Å². The maximum atomic E-state index is 13.4. The summed E-state index contributed by atoms with van der Waals surface area (Å²) in [7, 11) is 0. The molecule has 0 aromatic heterocycles. The molecular formula is C28H41N3O4.